The third-order valence-electron chi connectivity index (χ3n) is 2.50. The van der Waals surface area contributed by atoms with Crippen LogP contribution in [0, 0.1) is 0 Å². The molecule has 0 amide bonds. The minimum absolute atomic E-state index is 0.500. The van der Waals surface area contributed by atoms with Gasteiger partial charge in [0.15, 0.2) is 0 Å². The number of anilines is 1. The Balaban J connectivity index is 2.53. The van der Waals surface area contributed by atoms with Crippen molar-refractivity contribution in [3.05, 3.63) is 5.89 Å². The summed E-state index contributed by atoms with van der Waals surface area (Å²) in [6.07, 6.45) is 0.595. The third-order valence-corrected chi connectivity index (χ3v) is 2.50. The summed E-state index contributed by atoms with van der Waals surface area (Å²) in [6.45, 7) is 8.47. The Bertz CT molecular complexity index is 323. The molecule has 0 unspecified atom stereocenters. The highest BCUT2D eigenvalue weighted by atomic mass is 16.5. The fourth-order valence-electron chi connectivity index (χ4n) is 1.54. The van der Waals surface area contributed by atoms with Gasteiger partial charge in [-0.15, -0.1) is 5.10 Å². The van der Waals surface area contributed by atoms with Gasteiger partial charge < -0.3 is 24.5 Å². The smallest absolute Gasteiger partial charge is 0.318 e. The molecule has 0 fully saturated rings. The Labute approximate surface area is 114 Å². The van der Waals surface area contributed by atoms with Crippen LogP contribution < -0.4 is 10.6 Å². The molecule has 0 bridgehead atoms. The van der Waals surface area contributed by atoms with E-state index in [1.165, 1.54) is 0 Å². The minimum atomic E-state index is 0.500. The maximum atomic E-state index is 5.56. The van der Waals surface area contributed by atoms with E-state index in [1.807, 2.05) is 18.7 Å². The van der Waals surface area contributed by atoms with Crippen LogP contribution in [-0.2, 0) is 15.9 Å². The molecule has 0 atom stereocenters. The van der Waals surface area contributed by atoms with Gasteiger partial charge in [0.25, 0.3) is 0 Å². The SMILES string of the molecule is CCOCCN(CCOCC)c1nnc(CCN)o1. The molecule has 1 heterocycles. The van der Waals surface area contributed by atoms with Crippen molar-refractivity contribution in [2.24, 2.45) is 5.73 Å². The largest absolute Gasteiger partial charge is 0.408 e. The highest BCUT2D eigenvalue weighted by molar-refractivity contribution is 5.23. The molecule has 19 heavy (non-hydrogen) atoms. The van der Waals surface area contributed by atoms with Crippen molar-refractivity contribution < 1.29 is 13.9 Å². The summed E-state index contributed by atoms with van der Waals surface area (Å²) in [6, 6.07) is 0.503. The summed E-state index contributed by atoms with van der Waals surface area (Å²) in [5, 5.41) is 8.00. The first-order valence-corrected chi connectivity index (χ1v) is 6.74. The van der Waals surface area contributed by atoms with Crippen LogP contribution >= 0.6 is 0 Å². The van der Waals surface area contributed by atoms with Crippen LogP contribution in [-0.4, -0.2) is 56.3 Å². The zero-order valence-electron chi connectivity index (χ0n) is 11.8. The van der Waals surface area contributed by atoms with Crippen LogP contribution in [0.1, 0.15) is 19.7 Å². The number of rotatable bonds is 11. The van der Waals surface area contributed by atoms with E-state index >= 15 is 0 Å². The topological polar surface area (TPSA) is 86.6 Å². The van der Waals surface area contributed by atoms with Crippen LogP contribution in [0.25, 0.3) is 0 Å². The Kier molecular flexibility index (Phi) is 8.11. The summed E-state index contributed by atoms with van der Waals surface area (Å²) < 4.78 is 16.3. The van der Waals surface area contributed by atoms with Gasteiger partial charge in [0.05, 0.1) is 13.2 Å². The van der Waals surface area contributed by atoms with E-state index in [4.69, 9.17) is 19.6 Å². The molecule has 110 valence electrons. The Hall–Kier alpha value is -1.18. The molecule has 0 aromatic carbocycles. The second-order valence-electron chi connectivity index (χ2n) is 3.90. The van der Waals surface area contributed by atoms with Crippen LogP contribution in [0.3, 0.4) is 0 Å². The van der Waals surface area contributed by atoms with Gasteiger partial charge in [-0.05, 0) is 13.8 Å². The monoisotopic (exact) mass is 272 g/mol. The normalized spacial score (nSPS) is 10.9. The van der Waals surface area contributed by atoms with Gasteiger partial charge in [0.2, 0.25) is 5.89 Å². The number of nitrogens with zero attached hydrogens (tertiary/aromatic N) is 3. The number of hydrogen-bond donors (Lipinski definition) is 1. The van der Waals surface area contributed by atoms with E-state index in [0.29, 0.717) is 64.4 Å². The number of nitrogens with two attached hydrogens (primary N) is 1. The predicted molar refractivity (Wildman–Crippen MR) is 72.3 cm³/mol. The summed E-state index contributed by atoms with van der Waals surface area (Å²) in [7, 11) is 0. The maximum absolute atomic E-state index is 5.56. The van der Waals surface area contributed by atoms with Crippen molar-refractivity contribution in [1.29, 1.82) is 0 Å². The molecule has 0 aliphatic rings. The van der Waals surface area contributed by atoms with E-state index in [-0.39, 0.29) is 0 Å². The van der Waals surface area contributed by atoms with Gasteiger partial charge in [-0.25, -0.2) is 0 Å². The number of hydrogen-bond acceptors (Lipinski definition) is 7. The molecule has 1 aromatic heterocycles. The first-order chi connectivity index (χ1) is 9.31. The lowest BCUT2D eigenvalue weighted by atomic mass is 10.4. The fourth-order valence-corrected chi connectivity index (χ4v) is 1.54. The molecule has 0 aliphatic carbocycles. The molecule has 2 N–H and O–H groups in total. The van der Waals surface area contributed by atoms with Gasteiger partial charge in [0.1, 0.15) is 0 Å². The number of aromatic nitrogens is 2. The molecular weight excluding hydrogens is 248 g/mol. The summed E-state index contributed by atoms with van der Waals surface area (Å²) in [5.74, 6) is 0.565. The average Bonchev–Trinajstić information content (AvgIpc) is 2.86. The van der Waals surface area contributed by atoms with Gasteiger partial charge in [-0.2, -0.15) is 0 Å². The molecule has 0 spiro atoms. The minimum Gasteiger partial charge on any atom is -0.408 e. The Morgan fingerprint density at radius 2 is 1.74 bits per heavy atom. The van der Waals surface area contributed by atoms with Crippen molar-refractivity contribution in [2.45, 2.75) is 20.3 Å². The molecule has 0 radical (unpaired) electrons. The van der Waals surface area contributed by atoms with Crippen LogP contribution in [0.4, 0.5) is 6.01 Å². The van der Waals surface area contributed by atoms with Crippen LogP contribution in [0.15, 0.2) is 4.42 Å². The molecule has 0 aliphatic heterocycles. The first kappa shape index (κ1) is 15.9. The van der Waals surface area contributed by atoms with Crippen molar-refractivity contribution in [1.82, 2.24) is 10.2 Å². The van der Waals surface area contributed by atoms with Gasteiger partial charge in [-0.3, -0.25) is 0 Å². The van der Waals surface area contributed by atoms with Crippen molar-refractivity contribution in [3.63, 3.8) is 0 Å². The van der Waals surface area contributed by atoms with E-state index in [0.717, 1.165) is 0 Å². The molecule has 0 saturated heterocycles. The second kappa shape index (κ2) is 9.71. The zero-order chi connectivity index (χ0) is 13.9. The standard InChI is InChI=1S/C12H24N4O3/c1-3-17-9-7-16(8-10-18-4-2)12-15-14-11(19-12)5-6-13/h3-10,13H2,1-2H3. The van der Waals surface area contributed by atoms with Gasteiger partial charge in [0, 0.05) is 39.3 Å². The third kappa shape index (κ3) is 6.00. The van der Waals surface area contributed by atoms with Crippen LogP contribution in [0.5, 0.6) is 0 Å². The average molecular weight is 272 g/mol. The van der Waals surface area contributed by atoms with Gasteiger partial charge in [-0.1, -0.05) is 5.10 Å². The van der Waals surface area contributed by atoms with Crippen LogP contribution in [0.2, 0.25) is 0 Å². The predicted octanol–water partition coefficient (Wildman–Crippen LogP) is 0.450. The molecule has 7 heteroatoms. The van der Waals surface area contributed by atoms with E-state index < -0.39 is 0 Å². The highest BCUT2D eigenvalue weighted by Gasteiger charge is 2.14. The molecular formula is C12H24N4O3. The van der Waals surface area contributed by atoms with Crippen molar-refractivity contribution in [3.8, 4) is 0 Å². The summed E-state index contributed by atoms with van der Waals surface area (Å²) >= 11 is 0. The number of ether oxygens (including phenoxy) is 2. The van der Waals surface area contributed by atoms with E-state index in [1.54, 1.807) is 0 Å². The first-order valence-electron chi connectivity index (χ1n) is 6.74. The second-order valence-corrected chi connectivity index (χ2v) is 3.90. The molecule has 1 rings (SSSR count). The lowest BCUT2D eigenvalue weighted by Gasteiger charge is -2.19. The maximum Gasteiger partial charge on any atom is 0.318 e. The summed E-state index contributed by atoms with van der Waals surface area (Å²) in [4.78, 5) is 1.97. The lowest BCUT2D eigenvalue weighted by Crippen LogP contribution is -2.31. The van der Waals surface area contributed by atoms with E-state index in [9.17, 15) is 0 Å². The molecule has 7 nitrogen and oxygen atoms in total. The fraction of sp³-hybridized carbons (Fsp3) is 0.833. The molecule has 0 saturated carbocycles. The Morgan fingerprint density at radius 1 is 1.11 bits per heavy atom. The highest BCUT2D eigenvalue weighted by Crippen LogP contribution is 2.12. The lowest BCUT2D eigenvalue weighted by molar-refractivity contribution is 0.140. The summed E-state index contributed by atoms with van der Waals surface area (Å²) in [5.41, 5.74) is 5.46. The van der Waals surface area contributed by atoms with Gasteiger partial charge >= 0.3 is 6.01 Å². The quantitative estimate of drug-likeness (QED) is 0.585. The zero-order valence-corrected chi connectivity index (χ0v) is 11.8. The van der Waals surface area contributed by atoms with Crippen molar-refractivity contribution in [2.75, 3.05) is 51.0 Å². The van der Waals surface area contributed by atoms with E-state index in [2.05, 4.69) is 10.2 Å². The molecule has 1 aromatic rings. The van der Waals surface area contributed by atoms with Crippen molar-refractivity contribution >= 4 is 6.01 Å². The Morgan fingerprint density at radius 3 is 2.26 bits per heavy atom.